The molecule has 148 valence electrons. The number of carbonyl (C=O) groups is 1. The summed E-state index contributed by atoms with van der Waals surface area (Å²) in [5.41, 5.74) is 0.906. The molecule has 6 nitrogen and oxygen atoms in total. The Balaban J connectivity index is 2.18. The highest BCUT2D eigenvalue weighted by Crippen LogP contribution is 2.28. The summed E-state index contributed by atoms with van der Waals surface area (Å²) in [4.78, 5) is 17.9. The van der Waals surface area contributed by atoms with Gasteiger partial charge in [-0.05, 0) is 37.2 Å². The Kier molecular flexibility index (Phi) is 7.12. The van der Waals surface area contributed by atoms with E-state index in [1.54, 1.807) is 31.5 Å². The Labute approximate surface area is 162 Å². The van der Waals surface area contributed by atoms with Gasteiger partial charge in [-0.25, -0.2) is 4.68 Å². The molecule has 2 unspecified atom stereocenters. The molecular formula is C16H18ClF3N4O2S. The minimum atomic E-state index is -4.42. The molecule has 11 heteroatoms. The van der Waals surface area contributed by atoms with Crippen molar-refractivity contribution in [3.63, 3.8) is 0 Å². The molecule has 0 aromatic carbocycles. The summed E-state index contributed by atoms with van der Waals surface area (Å²) in [6.45, 7) is 3.22. The van der Waals surface area contributed by atoms with Gasteiger partial charge in [0.1, 0.15) is 11.4 Å². The molecule has 0 spiro atoms. The molecule has 1 amide bonds. The normalized spacial score (nSPS) is 14.0. The standard InChI is InChI=1S/C16H18ClF3N4O2S/c1-3-23(15(25)11(2)27(26)8-6-16(18,19)20)13-10-24(22-14(13)17)12-5-4-7-21-9-12/h4-5,7,9-11H,3,6,8H2,1-2H3. The molecule has 2 atom stereocenters. The van der Waals surface area contributed by atoms with Crippen LogP contribution in [0, 0.1) is 0 Å². The maximum absolute atomic E-state index is 12.7. The molecule has 0 radical (unpaired) electrons. The average molecular weight is 423 g/mol. The van der Waals surface area contributed by atoms with E-state index in [2.05, 4.69) is 10.1 Å². The van der Waals surface area contributed by atoms with Gasteiger partial charge in [0.2, 0.25) is 0 Å². The topological polar surface area (TPSA) is 74.1 Å². The minimum Gasteiger partial charge on any atom is -0.616 e. The number of carbonyl (C=O) groups excluding carboxylic acids is 1. The first-order valence-corrected chi connectivity index (χ1v) is 9.81. The first-order chi connectivity index (χ1) is 12.6. The van der Waals surface area contributed by atoms with E-state index in [0.717, 1.165) is 0 Å². The third kappa shape index (κ3) is 5.60. The zero-order chi connectivity index (χ0) is 20.2. The van der Waals surface area contributed by atoms with Gasteiger partial charge < -0.3 is 9.45 Å². The van der Waals surface area contributed by atoms with Crippen molar-refractivity contribution < 1.29 is 22.5 Å². The Morgan fingerprint density at radius 2 is 2.19 bits per heavy atom. The fourth-order valence-electron chi connectivity index (χ4n) is 2.32. The van der Waals surface area contributed by atoms with Crippen LogP contribution in [-0.2, 0) is 16.0 Å². The van der Waals surface area contributed by atoms with E-state index in [-0.39, 0.29) is 17.4 Å². The van der Waals surface area contributed by atoms with Crippen molar-refractivity contribution in [3.05, 3.63) is 35.9 Å². The van der Waals surface area contributed by atoms with Gasteiger partial charge in [-0.15, -0.1) is 0 Å². The quantitative estimate of drug-likeness (QED) is 0.641. The highest BCUT2D eigenvalue weighted by molar-refractivity contribution is 7.92. The van der Waals surface area contributed by atoms with Crippen LogP contribution in [0.4, 0.5) is 18.9 Å². The number of rotatable bonds is 7. The van der Waals surface area contributed by atoms with Gasteiger partial charge in [-0.1, -0.05) is 11.6 Å². The van der Waals surface area contributed by atoms with Crippen LogP contribution < -0.4 is 4.90 Å². The third-order valence-electron chi connectivity index (χ3n) is 3.76. The number of anilines is 1. The molecule has 0 aliphatic heterocycles. The van der Waals surface area contributed by atoms with Crippen LogP contribution in [0.15, 0.2) is 30.7 Å². The molecule has 2 aromatic heterocycles. The molecular weight excluding hydrogens is 405 g/mol. The first kappa shape index (κ1) is 21.5. The monoisotopic (exact) mass is 422 g/mol. The van der Waals surface area contributed by atoms with E-state index in [0.29, 0.717) is 5.69 Å². The van der Waals surface area contributed by atoms with Gasteiger partial charge in [-0.3, -0.25) is 9.78 Å². The van der Waals surface area contributed by atoms with Crippen molar-refractivity contribution in [1.29, 1.82) is 0 Å². The fourth-order valence-corrected chi connectivity index (χ4v) is 3.69. The number of hydrogen-bond donors (Lipinski definition) is 0. The van der Waals surface area contributed by atoms with Gasteiger partial charge in [0.05, 0.1) is 24.5 Å². The Hall–Kier alpha value is -1.78. The van der Waals surface area contributed by atoms with Crippen molar-refractivity contribution in [2.75, 3.05) is 17.2 Å². The second-order valence-corrected chi connectivity index (χ2v) is 7.87. The maximum atomic E-state index is 12.7. The molecule has 0 saturated heterocycles. The van der Waals surface area contributed by atoms with Gasteiger partial charge in [0, 0.05) is 12.7 Å². The smallest absolute Gasteiger partial charge is 0.393 e. The number of nitrogens with zero attached hydrogens (tertiary/aromatic N) is 4. The SMILES string of the molecule is CCN(C(=O)C(C)[S+]([O-])CCC(F)(F)F)c1cn(-c2cccnc2)nc1Cl. The van der Waals surface area contributed by atoms with E-state index in [1.165, 1.54) is 22.7 Å². The lowest BCUT2D eigenvalue weighted by atomic mass is 10.3. The van der Waals surface area contributed by atoms with E-state index >= 15 is 0 Å². The van der Waals surface area contributed by atoms with Crippen LogP contribution in [0.3, 0.4) is 0 Å². The molecule has 0 aliphatic rings. The molecule has 0 bridgehead atoms. The fraction of sp³-hybridized carbons (Fsp3) is 0.438. The number of hydrogen-bond acceptors (Lipinski definition) is 4. The van der Waals surface area contributed by atoms with Crippen LogP contribution in [0.5, 0.6) is 0 Å². The molecule has 0 fully saturated rings. The van der Waals surface area contributed by atoms with E-state index in [9.17, 15) is 22.5 Å². The molecule has 27 heavy (non-hydrogen) atoms. The van der Waals surface area contributed by atoms with Crippen LogP contribution >= 0.6 is 11.6 Å². The second kappa shape index (κ2) is 8.94. The highest BCUT2D eigenvalue weighted by Gasteiger charge is 2.35. The lowest BCUT2D eigenvalue weighted by Crippen LogP contribution is -2.42. The number of alkyl halides is 3. The second-order valence-electron chi connectivity index (χ2n) is 5.64. The van der Waals surface area contributed by atoms with Crippen LogP contribution in [-0.4, -0.2) is 48.9 Å². The summed E-state index contributed by atoms with van der Waals surface area (Å²) >= 11 is 4.18. The summed E-state index contributed by atoms with van der Waals surface area (Å²) in [6, 6.07) is 3.45. The number of halogens is 4. The summed E-state index contributed by atoms with van der Waals surface area (Å²) < 4.78 is 50.5. The predicted octanol–water partition coefficient (Wildman–Crippen LogP) is 3.36. The Morgan fingerprint density at radius 3 is 2.74 bits per heavy atom. The summed E-state index contributed by atoms with van der Waals surface area (Å²) in [6.07, 6.45) is -0.957. The Bertz CT molecular complexity index is 773. The lowest BCUT2D eigenvalue weighted by Gasteiger charge is -2.25. The molecule has 0 aliphatic carbocycles. The van der Waals surface area contributed by atoms with Crippen molar-refractivity contribution in [1.82, 2.24) is 14.8 Å². The number of amides is 1. The first-order valence-electron chi connectivity index (χ1n) is 8.05. The van der Waals surface area contributed by atoms with Gasteiger partial charge in [0.25, 0.3) is 5.91 Å². The van der Waals surface area contributed by atoms with Crippen molar-refractivity contribution in [2.45, 2.75) is 31.7 Å². The lowest BCUT2D eigenvalue weighted by molar-refractivity contribution is -0.130. The van der Waals surface area contributed by atoms with Crippen molar-refractivity contribution in [3.8, 4) is 5.69 Å². The summed E-state index contributed by atoms with van der Waals surface area (Å²) in [7, 11) is 0. The largest absolute Gasteiger partial charge is 0.616 e. The molecule has 2 aromatic rings. The van der Waals surface area contributed by atoms with Crippen LogP contribution in [0.1, 0.15) is 20.3 Å². The minimum absolute atomic E-state index is 0.0438. The Morgan fingerprint density at radius 1 is 1.48 bits per heavy atom. The molecule has 2 rings (SSSR count). The zero-order valence-electron chi connectivity index (χ0n) is 14.6. The van der Waals surface area contributed by atoms with Crippen LogP contribution in [0.2, 0.25) is 5.15 Å². The van der Waals surface area contributed by atoms with Crippen LogP contribution in [0.25, 0.3) is 5.69 Å². The molecule has 0 saturated carbocycles. The van der Waals surface area contributed by atoms with E-state index in [4.69, 9.17) is 11.6 Å². The third-order valence-corrected chi connectivity index (χ3v) is 5.63. The highest BCUT2D eigenvalue weighted by atomic mass is 35.5. The average Bonchev–Trinajstić information content (AvgIpc) is 3.01. The van der Waals surface area contributed by atoms with Gasteiger partial charge in [0.15, 0.2) is 10.4 Å². The van der Waals surface area contributed by atoms with Crippen molar-refractivity contribution >= 4 is 34.4 Å². The van der Waals surface area contributed by atoms with Crippen molar-refractivity contribution in [2.24, 2.45) is 0 Å². The summed E-state index contributed by atoms with van der Waals surface area (Å²) in [5.74, 6) is -1.21. The molecule has 0 N–H and O–H groups in total. The zero-order valence-corrected chi connectivity index (χ0v) is 16.2. The predicted molar refractivity (Wildman–Crippen MR) is 97.5 cm³/mol. The molecule has 2 heterocycles. The maximum Gasteiger partial charge on any atom is 0.393 e. The number of pyridine rings is 1. The van der Waals surface area contributed by atoms with Gasteiger partial charge in [-0.2, -0.15) is 18.3 Å². The van der Waals surface area contributed by atoms with Gasteiger partial charge >= 0.3 is 6.18 Å². The van der Waals surface area contributed by atoms with E-state index < -0.39 is 40.7 Å². The summed E-state index contributed by atoms with van der Waals surface area (Å²) in [5, 5.41) is 3.07. The number of aromatic nitrogens is 3. The van der Waals surface area contributed by atoms with E-state index in [1.807, 2.05) is 0 Å².